The predicted molar refractivity (Wildman–Crippen MR) is 81.4 cm³/mol. The average molecular weight is 261 g/mol. The molecule has 0 aromatic carbocycles. The molecular formula is C16H27N3. The van der Waals surface area contributed by atoms with E-state index < -0.39 is 0 Å². The van der Waals surface area contributed by atoms with E-state index in [1.165, 1.54) is 24.9 Å². The Morgan fingerprint density at radius 2 is 2.16 bits per heavy atom. The van der Waals surface area contributed by atoms with Gasteiger partial charge in [0.25, 0.3) is 0 Å². The number of hydrogen-bond acceptors (Lipinski definition) is 3. The summed E-state index contributed by atoms with van der Waals surface area (Å²) in [6.45, 7) is 11.2. The maximum Gasteiger partial charge on any atom is 0.130 e. The first-order chi connectivity index (χ1) is 9.09. The van der Waals surface area contributed by atoms with Crippen LogP contribution in [0.4, 0.5) is 5.82 Å². The van der Waals surface area contributed by atoms with Crippen molar-refractivity contribution in [3.8, 4) is 0 Å². The molecule has 19 heavy (non-hydrogen) atoms. The van der Waals surface area contributed by atoms with Gasteiger partial charge in [0, 0.05) is 30.4 Å². The van der Waals surface area contributed by atoms with E-state index in [0.717, 1.165) is 12.4 Å². The van der Waals surface area contributed by atoms with Crippen molar-refractivity contribution in [2.75, 3.05) is 18.4 Å². The standard InChI is InChI=1S/C16H27N3/c1-12(2)11-18-16-14(7-5-9-17-16)15-8-6-10-19(15)13(3)4/h5,7,9,12-13,15H,6,8,10-11H2,1-4H3,(H,17,18)/t15-/m0/s1. The van der Waals surface area contributed by atoms with E-state index in [0.29, 0.717) is 18.0 Å². The fraction of sp³-hybridized carbons (Fsp3) is 0.688. The van der Waals surface area contributed by atoms with Gasteiger partial charge in [-0.15, -0.1) is 0 Å². The zero-order chi connectivity index (χ0) is 13.8. The molecule has 0 amide bonds. The summed E-state index contributed by atoms with van der Waals surface area (Å²) in [5, 5.41) is 3.51. The summed E-state index contributed by atoms with van der Waals surface area (Å²) in [7, 11) is 0. The summed E-state index contributed by atoms with van der Waals surface area (Å²) in [6.07, 6.45) is 4.43. The average Bonchev–Trinajstić information content (AvgIpc) is 2.85. The van der Waals surface area contributed by atoms with Gasteiger partial charge in [-0.2, -0.15) is 0 Å². The molecule has 1 aromatic rings. The first kappa shape index (κ1) is 14.3. The molecule has 1 fully saturated rings. The largest absolute Gasteiger partial charge is 0.370 e. The Balaban J connectivity index is 2.19. The van der Waals surface area contributed by atoms with E-state index in [9.17, 15) is 0 Å². The van der Waals surface area contributed by atoms with E-state index >= 15 is 0 Å². The van der Waals surface area contributed by atoms with Gasteiger partial charge in [-0.25, -0.2) is 4.98 Å². The Labute approximate surface area is 117 Å². The van der Waals surface area contributed by atoms with Gasteiger partial charge in [0.05, 0.1) is 0 Å². The predicted octanol–water partition coefficient (Wildman–Crippen LogP) is 3.69. The molecule has 1 saturated heterocycles. The molecule has 0 spiro atoms. The number of hydrogen-bond donors (Lipinski definition) is 1. The molecule has 2 rings (SSSR count). The lowest BCUT2D eigenvalue weighted by molar-refractivity contribution is 0.206. The molecule has 2 heterocycles. The summed E-state index contributed by atoms with van der Waals surface area (Å²) in [4.78, 5) is 7.15. The van der Waals surface area contributed by atoms with Crippen molar-refractivity contribution < 1.29 is 0 Å². The number of nitrogens with one attached hydrogen (secondary N) is 1. The highest BCUT2D eigenvalue weighted by atomic mass is 15.2. The molecule has 106 valence electrons. The molecule has 3 nitrogen and oxygen atoms in total. The third-order valence-electron chi connectivity index (χ3n) is 3.83. The summed E-state index contributed by atoms with van der Waals surface area (Å²) >= 11 is 0. The van der Waals surface area contributed by atoms with Crippen LogP contribution in [0, 0.1) is 5.92 Å². The van der Waals surface area contributed by atoms with Gasteiger partial charge in [0.15, 0.2) is 0 Å². The summed E-state index contributed by atoms with van der Waals surface area (Å²) < 4.78 is 0. The molecule has 0 bridgehead atoms. The second-order valence-electron chi connectivity index (χ2n) is 6.21. The van der Waals surface area contributed by atoms with Crippen LogP contribution < -0.4 is 5.32 Å². The Kier molecular flexibility index (Phi) is 4.81. The van der Waals surface area contributed by atoms with E-state index in [1.807, 2.05) is 6.20 Å². The van der Waals surface area contributed by atoms with E-state index in [4.69, 9.17) is 0 Å². The first-order valence-corrected chi connectivity index (χ1v) is 7.54. The molecule has 3 heteroatoms. The minimum Gasteiger partial charge on any atom is -0.370 e. The SMILES string of the molecule is CC(C)CNc1ncccc1[C@@H]1CCCN1C(C)C. The molecule has 1 aromatic heterocycles. The van der Waals surface area contributed by atoms with Gasteiger partial charge in [-0.3, -0.25) is 4.90 Å². The summed E-state index contributed by atoms with van der Waals surface area (Å²) in [5.74, 6) is 1.72. The van der Waals surface area contributed by atoms with E-state index in [-0.39, 0.29) is 0 Å². The van der Waals surface area contributed by atoms with E-state index in [2.05, 4.69) is 55.0 Å². The quantitative estimate of drug-likeness (QED) is 0.876. The number of aromatic nitrogens is 1. The van der Waals surface area contributed by atoms with Gasteiger partial charge in [-0.05, 0) is 45.2 Å². The molecule has 1 N–H and O–H groups in total. The van der Waals surface area contributed by atoms with Crippen LogP contribution in [0.2, 0.25) is 0 Å². The van der Waals surface area contributed by atoms with Crippen LogP contribution in [0.1, 0.15) is 52.1 Å². The molecule has 1 aliphatic rings. The Bertz CT molecular complexity index is 401. The fourth-order valence-electron chi connectivity index (χ4n) is 2.88. The van der Waals surface area contributed by atoms with Crippen molar-refractivity contribution in [1.29, 1.82) is 0 Å². The Morgan fingerprint density at radius 3 is 2.84 bits per heavy atom. The highest BCUT2D eigenvalue weighted by molar-refractivity contribution is 5.46. The van der Waals surface area contributed by atoms with Crippen molar-refractivity contribution in [3.05, 3.63) is 23.9 Å². The van der Waals surface area contributed by atoms with Gasteiger partial charge in [0.2, 0.25) is 0 Å². The molecule has 0 radical (unpaired) electrons. The molecule has 0 saturated carbocycles. The smallest absolute Gasteiger partial charge is 0.130 e. The molecule has 0 aliphatic carbocycles. The first-order valence-electron chi connectivity index (χ1n) is 7.54. The normalized spacial score (nSPS) is 20.4. The van der Waals surface area contributed by atoms with Gasteiger partial charge >= 0.3 is 0 Å². The van der Waals surface area contributed by atoms with Crippen LogP contribution in [0.3, 0.4) is 0 Å². The second-order valence-corrected chi connectivity index (χ2v) is 6.21. The zero-order valence-electron chi connectivity index (χ0n) is 12.7. The number of anilines is 1. The third kappa shape index (κ3) is 3.47. The number of pyridine rings is 1. The number of likely N-dealkylation sites (tertiary alicyclic amines) is 1. The lowest BCUT2D eigenvalue weighted by Crippen LogP contribution is -2.30. The number of nitrogens with zero attached hydrogens (tertiary/aromatic N) is 2. The van der Waals surface area contributed by atoms with Crippen LogP contribution >= 0.6 is 0 Å². The minimum absolute atomic E-state index is 0.531. The van der Waals surface area contributed by atoms with Crippen molar-refractivity contribution in [1.82, 2.24) is 9.88 Å². The van der Waals surface area contributed by atoms with Crippen LogP contribution in [-0.2, 0) is 0 Å². The lowest BCUT2D eigenvalue weighted by atomic mass is 10.0. The third-order valence-corrected chi connectivity index (χ3v) is 3.83. The Morgan fingerprint density at radius 1 is 1.37 bits per heavy atom. The maximum absolute atomic E-state index is 4.55. The molecule has 1 atom stereocenters. The van der Waals surface area contributed by atoms with Crippen molar-refractivity contribution in [3.63, 3.8) is 0 Å². The van der Waals surface area contributed by atoms with Crippen molar-refractivity contribution >= 4 is 5.82 Å². The van der Waals surface area contributed by atoms with Gasteiger partial charge < -0.3 is 5.32 Å². The Hall–Kier alpha value is -1.09. The highest BCUT2D eigenvalue weighted by Gasteiger charge is 2.29. The zero-order valence-corrected chi connectivity index (χ0v) is 12.7. The maximum atomic E-state index is 4.55. The van der Waals surface area contributed by atoms with Crippen LogP contribution in [0.15, 0.2) is 18.3 Å². The minimum atomic E-state index is 0.531. The fourth-order valence-corrected chi connectivity index (χ4v) is 2.88. The second kappa shape index (κ2) is 6.38. The number of rotatable bonds is 5. The van der Waals surface area contributed by atoms with Crippen LogP contribution in [-0.4, -0.2) is 29.0 Å². The van der Waals surface area contributed by atoms with Gasteiger partial charge in [0.1, 0.15) is 5.82 Å². The topological polar surface area (TPSA) is 28.2 Å². The molecule has 0 unspecified atom stereocenters. The van der Waals surface area contributed by atoms with Crippen molar-refractivity contribution in [2.24, 2.45) is 5.92 Å². The monoisotopic (exact) mass is 261 g/mol. The van der Waals surface area contributed by atoms with Crippen LogP contribution in [0.25, 0.3) is 0 Å². The lowest BCUT2D eigenvalue weighted by Gasteiger charge is -2.29. The van der Waals surface area contributed by atoms with Crippen molar-refractivity contribution in [2.45, 2.75) is 52.6 Å². The summed E-state index contributed by atoms with van der Waals surface area (Å²) in [6, 6.07) is 5.43. The van der Waals surface area contributed by atoms with Crippen LogP contribution in [0.5, 0.6) is 0 Å². The molecule has 1 aliphatic heterocycles. The van der Waals surface area contributed by atoms with E-state index in [1.54, 1.807) is 0 Å². The molecular weight excluding hydrogens is 234 g/mol. The van der Waals surface area contributed by atoms with Gasteiger partial charge in [-0.1, -0.05) is 19.9 Å². The highest BCUT2D eigenvalue weighted by Crippen LogP contribution is 2.36. The summed E-state index contributed by atoms with van der Waals surface area (Å²) in [5.41, 5.74) is 1.37.